The summed E-state index contributed by atoms with van der Waals surface area (Å²) >= 11 is 0. The number of carbonyl (C=O) groups excluding carboxylic acids is 2. The number of amides is 2. The maximum Gasteiger partial charge on any atom is 0.407 e. The first kappa shape index (κ1) is 15.7. The molecule has 5 nitrogen and oxygen atoms in total. The molecule has 100 valence electrons. The third-order valence-corrected chi connectivity index (χ3v) is 2.14. The number of carbonyl (C=O) groups is 2. The molecule has 0 aliphatic carbocycles. The Morgan fingerprint density at radius 1 is 1.18 bits per heavy atom. The van der Waals surface area contributed by atoms with Gasteiger partial charge in [0, 0.05) is 12.5 Å². The second kappa shape index (κ2) is 5.38. The standard InChI is InChI=1S/C12H24N2O3/c1-11(2,3)8(7-9(13)15)14-10(16)17-12(4,5)6/h8H,7H2,1-6H3,(H2,13,15)(H,14,16). The fourth-order valence-corrected chi connectivity index (χ4v) is 1.22. The lowest BCUT2D eigenvalue weighted by Crippen LogP contribution is -2.47. The van der Waals surface area contributed by atoms with Crippen LogP contribution in [0.2, 0.25) is 0 Å². The number of ether oxygens (including phenoxy) is 1. The SMILES string of the molecule is CC(C)(C)OC(=O)NC(CC(N)=O)C(C)(C)C. The van der Waals surface area contributed by atoms with Crippen molar-refractivity contribution in [2.45, 2.75) is 59.6 Å². The van der Waals surface area contributed by atoms with Gasteiger partial charge in [0.1, 0.15) is 5.60 Å². The normalized spacial score (nSPS) is 14.0. The van der Waals surface area contributed by atoms with Crippen molar-refractivity contribution in [2.24, 2.45) is 11.1 Å². The maximum absolute atomic E-state index is 11.6. The lowest BCUT2D eigenvalue weighted by Gasteiger charge is -2.31. The molecule has 0 aromatic carbocycles. The predicted octanol–water partition coefficient (Wildman–Crippen LogP) is 1.80. The van der Waals surface area contributed by atoms with Crippen molar-refractivity contribution in [1.82, 2.24) is 5.32 Å². The third kappa shape index (κ3) is 7.60. The van der Waals surface area contributed by atoms with Crippen LogP contribution in [0.3, 0.4) is 0 Å². The van der Waals surface area contributed by atoms with Gasteiger partial charge in [-0.25, -0.2) is 4.79 Å². The number of primary amides is 1. The molecular formula is C12H24N2O3. The molecule has 0 bridgehead atoms. The van der Waals surface area contributed by atoms with Crippen LogP contribution in [0.25, 0.3) is 0 Å². The molecule has 0 heterocycles. The molecule has 5 heteroatoms. The van der Waals surface area contributed by atoms with Crippen LogP contribution in [0.5, 0.6) is 0 Å². The average Bonchev–Trinajstić information content (AvgIpc) is 1.95. The van der Waals surface area contributed by atoms with Gasteiger partial charge in [0.15, 0.2) is 0 Å². The van der Waals surface area contributed by atoms with Gasteiger partial charge in [-0.2, -0.15) is 0 Å². The maximum atomic E-state index is 11.6. The van der Waals surface area contributed by atoms with Crippen LogP contribution >= 0.6 is 0 Å². The van der Waals surface area contributed by atoms with Gasteiger partial charge in [-0.15, -0.1) is 0 Å². The van der Waals surface area contributed by atoms with E-state index in [4.69, 9.17) is 10.5 Å². The summed E-state index contributed by atoms with van der Waals surface area (Å²) in [6, 6.07) is -0.338. The molecule has 0 aromatic heterocycles. The van der Waals surface area contributed by atoms with Crippen molar-refractivity contribution in [1.29, 1.82) is 0 Å². The number of nitrogens with one attached hydrogen (secondary N) is 1. The van der Waals surface area contributed by atoms with Gasteiger partial charge in [-0.1, -0.05) is 20.8 Å². The molecule has 0 fully saturated rings. The molecule has 1 unspecified atom stereocenters. The molecule has 1 atom stereocenters. The van der Waals surface area contributed by atoms with Gasteiger partial charge in [-0.3, -0.25) is 4.79 Å². The summed E-state index contributed by atoms with van der Waals surface area (Å²) in [5.41, 5.74) is 4.35. The zero-order valence-corrected chi connectivity index (χ0v) is 11.6. The van der Waals surface area contributed by atoms with E-state index in [1.807, 2.05) is 20.8 Å². The molecule has 17 heavy (non-hydrogen) atoms. The molecule has 3 N–H and O–H groups in total. The highest BCUT2D eigenvalue weighted by molar-refractivity contribution is 5.76. The second-order valence-corrected chi connectivity index (χ2v) is 6.24. The van der Waals surface area contributed by atoms with Crippen LogP contribution in [-0.4, -0.2) is 23.6 Å². The van der Waals surface area contributed by atoms with Gasteiger partial charge in [0.05, 0.1) is 0 Å². The van der Waals surface area contributed by atoms with E-state index in [0.29, 0.717) is 0 Å². The highest BCUT2D eigenvalue weighted by atomic mass is 16.6. The summed E-state index contributed by atoms with van der Waals surface area (Å²) in [6.07, 6.45) is -0.429. The van der Waals surface area contributed by atoms with E-state index in [9.17, 15) is 9.59 Å². The molecule has 0 rings (SSSR count). The Kier molecular flexibility index (Phi) is 4.98. The fourth-order valence-electron chi connectivity index (χ4n) is 1.22. The molecule has 0 spiro atoms. The largest absolute Gasteiger partial charge is 0.444 e. The third-order valence-electron chi connectivity index (χ3n) is 2.14. The Bertz CT molecular complexity index is 287. The Morgan fingerprint density at radius 3 is 1.94 bits per heavy atom. The van der Waals surface area contributed by atoms with Crippen molar-refractivity contribution in [2.75, 3.05) is 0 Å². The Labute approximate surface area is 103 Å². The lowest BCUT2D eigenvalue weighted by molar-refractivity contribution is -0.119. The van der Waals surface area contributed by atoms with Crippen LogP contribution in [0.4, 0.5) is 4.79 Å². The monoisotopic (exact) mass is 244 g/mol. The lowest BCUT2D eigenvalue weighted by atomic mass is 9.85. The molecule has 0 radical (unpaired) electrons. The molecule has 0 aliphatic heterocycles. The first-order valence-corrected chi connectivity index (χ1v) is 5.69. The molecule has 2 amide bonds. The van der Waals surface area contributed by atoms with E-state index in [-0.39, 0.29) is 17.9 Å². The van der Waals surface area contributed by atoms with E-state index >= 15 is 0 Å². The molecular weight excluding hydrogens is 220 g/mol. The fraction of sp³-hybridized carbons (Fsp3) is 0.833. The number of alkyl carbamates (subject to hydrolysis) is 1. The van der Waals surface area contributed by atoms with Gasteiger partial charge in [-0.05, 0) is 26.2 Å². The first-order chi connectivity index (χ1) is 7.42. The summed E-state index contributed by atoms with van der Waals surface area (Å²) in [7, 11) is 0. The summed E-state index contributed by atoms with van der Waals surface area (Å²) in [4.78, 5) is 22.6. The van der Waals surface area contributed by atoms with Gasteiger partial charge >= 0.3 is 6.09 Å². The van der Waals surface area contributed by atoms with Gasteiger partial charge in [0.2, 0.25) is 5.91 Å². The molecule has 0 saturated heterocycles. The van der Waals surface area contributed by atoms with Crippen molar-refractivity contribution >= 4 is 12.0 Å². The zero-order chi connectivity index (χ0) is 13.9. The van der Waals surface area contributed by atoms with E-state index < -0.39 is 17.6 Å². The number of hydrogen-bond donors (Lipinski definition) is 2. The van der Waals surface area contributed by atoms with Crippen molar-refractivity contribution < 1.29 is 14.3 Å². The topological polar surface area (TPSA) is 81.4 Å². The summed E-state index contributed by atoms with van der Waals surface area (Å²) in [5, 5.41) is 2.68. The summed E-state index contributed by atoms with van der Waals surface area (Å²) in [5.74, 6) is -0.444. The average molecular weight is 244 g/mol. The summed E-state index contributed by atoms with van der Waals surface area (Å²) in [6.45, 7) is 11.1. The van der Waals surface area contributed by atoms with E-state index in [1.54, 1.807) is 20.8 Å². The minimum atomic E-state index is -0.556. The van der Waals surface area contributed by atoms with Gasteiger partial charge < -0.3 is 15.8 Å². The number of nitrogens with two attached hydrogens (primary N) is 1. The van der Waals surface area contributed by atoms with E-state index in [2.05, 4.69) is 5.32 Å². The van der Waals surface area contributed by atoms with Crippen LogP contribution in [0, 0.1) is 5.41 Å². The highest BCUT2D eigenvalue weighted by Crippen LogP contribution is 2.22. The minimum Gasteiger partial charge on any atom is -0.444 e. The smallest absolute Gasteiger partial charge is 0.407 e. The van der Waals surface area contributed by atoms with E-state index in [0.717, 1.165) is 0 Å². The molecule has 0 aliphatic rings. The van der Waals surface area contributed by atoms with Crippen LogP contribution in [0.1, 0.15) is 48.0 Å². The van der Waals surface area contributed by atoms with Crippen molar-refractivity contribution in [3.8, 4) is 0 Å². The van der Waals surface area contributed by atoms with Crippen molar-refractivity contribution in [3.63, 3.8) is 0 Å². The molecule has 0 aromatic rings. The van der Waals surface area contributed by atoms with Crippen LogP contribution in [0.15, 0.2) is 0 Å². The zero-order valence-electron chi connectivity index (χ0n) is 11.6. The first-order valence-electron chi connectivity index (χ1n) is 5.69. The summed E-state index contributed by atoms with van der Waals surface area (Å²) < 4.78 is 5.14. The quantitative estimate of drug-likeness (QED) is 0.794. The van der Waals surface area contributed by atoms with Crippen molar-refractivity contribution in [3.05, 3.63) is 0 Å². The Hall–Kier alpha value is -1.26. The number of rotatable bonds is 3. The minimum absolute atomic E-state index is 0.0999. The molecule has 0 saturated carbocycles. The Morgan fingerprint density at radius 2 is 1.65 bits per heavy atom. The van der Waals surface area contributed by atoms with Crippen LogP contribution < -0.4 is 11.1 Å². The number of hydrogen-bond acceptors (Lipinski definition) is 3. The van der Waals surface area contributed by atoms with E-state index in [1.165, 1.54) is 0 Å². The predicted molar refractivity (Wildman–Crippen MR) is 66.4 cm³/mol. The second-order valence-electron chi connectivity index (χ2n) is 6.24. The Balaban J connectivity index is 4.55. The van der Waals surface area contributed by atoms with Crippen LogP contribution in [-0.2, 0) is 9.53 Å². The van der Waals surface area contributed by atoms with Gasteiger partial charge in [0.25, 0.3) is 0 Å². The highest BCUT2D eigenvalue weighted by Gasteiger charge is 2.29.